The van der Waals surface area contributed by atoms with Gasteiger partial charge < -0.3 is 15.5 Å². The molecule has 1 saturated heterocycles. The maximum atomic E-state index is 12.7. The van der Waals surface area contributed by atoms with Crippen molar-refractivity contribution in [1.82, 2.24) is 15.1 Å². The van der Waals surface area contributed by atoms with E-state index < -0.39 is 23.4 Å². The highest BCUT2D eigenvalue weighted by Gasteiger charge is 2.51. The zero-order valence-electron chi connectivity index (χ0n) is 15.7. The molecule has 1 heterocycles. The third-order valence-corrected chi connectivity index (χ3v) is 5.53. The van der Waals surface area contributed by atoms with Crippen molar-refractivity contribution in [2.45, 2.75) is 37.6 Å². The van der Waals surface area contributed by atoms with E-state index in [-0.39, 0.29) is 19.0 Å². The Labute approximate surface area is 168 Å². The van der Waals surface area contributed by atoms with Crippen molar-refractivity contribution >= 4 is 41.0 Å². The van der Waals surface area contributed by atoms with Gasteiger partial charge in [0.1, 0.15) is 12.1 Å². The standard InChI is InChI=1S/C19H23ClN4O4/c1-23(11-15(25)21-14-8-4-3-7-13(14)20)16(26)12-24-17(27)19(22-18(24)28)9-5-2-6-10-19/h3-4,7-8H,2,5-6,9-12H2,1H3,(H,21,25)(H,22,28). The molecule has 2 aliphatic rings. The van der Waals surface area contributed by atoms with Gasteiger partial charge in [-0.2, -0.15) is 0 Å². The van der Waals surface area contributed by atoms with Crippen LogP contribution >= 0.6 is 11.6 Å². The first-order valence-electron chi connectivity index (χ1n) is 9.25. The third kappa shape index (κ3) is 4.11. The predicted molar refractivity (Wildman–Crippen MR) is 104 cm³/mol. The number of imide groups is 1. The van der Waals surface area contributed by atoms with Gasteiger partial charge in [-0.05, 0) is 25.0 Å². The summed E-state index contributed by atoms with van der Waals surface area (Å²) in [6, 6.07) is 6.22. The Morgan fingerprint density at radius 2 is 1.89 bits per heavy atom. The number of amides is 5. The van der Waals surface area contributed by atoms with Crippen LogP contribution in [0, 0.1) is 0 Å². The maximum absolute atomic E-state index is 12.7. The van der Waals surface area contributed by atoms with Crippen LogP contribution in [0.3, 0.4) is 0 Å². The Morgan fingerprint density at radius 1 is 1.21 bits per heavy atom. The second-order valence-electron chi connectivity index (χ2n) is 7.24. The van der Waals surface area contributed by atoms with Crippen molar-refractivity contribution in [2.75, 3.05) is 25.5 Å². The fourth-order valence-corrected chi connectivity index (χ4v) is 3.81. The van der Waals surface area contributed by atoms with E-state index in [4.69, 9.17) is 11.6 Å². The van der Waals surface area contributed by atoms with Gasteiger partial charge in [0.2, 0.25) is 11.8 Å². The average molecular weight is 407 g/mol. The number of halogens is 1. The molecule has 8 nitrogen and oxygen atoms in total. The van der Waals surface area contributed by atoms with E-state index in [1.807, 2.05) is 0 Å². The van der Waals surface area contributed by atoms with Gasteiger partial charge in [-0.3, -0.25) is 19.3 Å². The van der Waals surface area contributed by atoms with Crippen LogP contribution in [0.25, 0.3) is 0 Å². The number of carbonyl (C=O) groups is 4. The van der Waals surface area contributed by atoms with Gasteiger partial charge in [-0.15, -0.1) is 0 Å². The lowest BCUT2D eigenvalue weighted by Crippen LogP contribution is -2.49. The van der Waals surface area contributed by atoms with Crippen LogP contribution in [0.5, 0.6) is 0 Å². The van der Waals surface area contributed by atoms with Crippen LogP contribution in [0.1, 0.15) is 32.1 Å². The molecule has 9 heteroatoms. The summed E-state index contributed by atoms with van der Waals surface area (Å²) >= 11 is 6.00. The van der Waals surface area contributed by atoms with Crippen molar-refractivity contribution in [3.63, 3.8) is 0 Å². The second-order valence-corrected chi connectivity index (χ2v) is 7.65. The van der Waals surface area contributed by atoms with Crippen LogP contribution in [0.4, 0.5) is 10.5 Å². The molecule has 2 N–H and O–H groups in total. The minimum absolute atomic E-state index is 0.223. The molecule has 5 amide bonds. The van der Waals surface area contributed by atoms with Gasteiger partial charge in [0.15, 0.2) is 0 Å². The molecule has 28 heavy (non-hydrogen) atoms. The molecular formula is C19H23ClN4O4. The zero-order valence-corrected chi connectivity index (χ0v) is 16.4. The Bertz CT molecular complexity index is 807. The quantitative estimate of drug-likeness (QED) is 0.730. The molecule has 1 aromatic rings. The summed E-state index contributed by atoms with van der Waals surface area (Å²) in [4.78, 5) is 51.7. The van der Waals surface area contributed by atoms with Gasteiger partial charge >= 0.3 is 6.03 Å². The Kier molecular flexibility index (Phi) is 5.88. The summed E-state index contributed by atoms with van der Waals surface area (Å²) in [6.07, 6.45) is 3.97. The van der Waals surface area contributed by atoms with Crippen molar-refractivity contribution in [3.8, 4) is 0 Å². The highest BCUT2D eigenvalue weighted by Crippen LogP contribution is 2.33. The molecule has 150 valence electrons. The zero-order chi connectivity index (χ0) is 20.3. The number of hydrogen-bond donors (Lipinski definition) is 2. The van der Waals surface area contributed by atoms with Gasteiger partial charge in [-0.25, -0.2) is 4.79 Å². The van der Waals surface area contributed by atoms with Crippen molar-refractivity contribution in [3.05, 3.63) is 29.3 Å². The lowest BCUT2D eigenvalue weighted by Gasteiger charge is -2.30. The van der Waals surface area contributed by atoms with Crippen LogP contribution in [0.15, 0.2) is 24.3 Å². The molecule has 2 fully saturated rings. The second kappa shape index (κ2) is 8.18. The molecule has 0 radical (unpaired) electrons. The van der Waals surface area contributed by atoms with E-state index >= 15 is 0 Å². The number of nitrogens with one attached hydrogen (secondary N) is 2. The summed E-state index contributed by atoms with van der Waals surface area (Å²) in [5, 5.41) is 5.79. The SMILES string of the molecule is CN(CC(=O)Nc1ccccc1Cl)C(=O)CN1C(=O)NC2(CCCCC2)C1=O. The first-order valence-corrected chi connectivity index (χ1v) is 9.63. The Hall–Kier alpha value is -2.61. The molecule has 1 aliphatic heterocycles. The lowest BCUT2D eigenvalue weighted by molar-refractivity contribution is -0.139. The summed E-state index contributed by atoms with van der Waals surface area (Å²) < 4.78 is 0. The lowest BCUT2D eigenvalue weighted by atomic mass is 9.82. The van der Waals surface area contributed by atoms with Crippen molar-refractivity contribution in [2.24, 2.45) is 0 Å². The van der Waals surface area contributed by atoms with Gasteiger partial charge in [0, 0.05) is 7.05 Å². The average Bonchev–Trinajstić information content (AvgIpc) is 2.88. The number of para-hydroxylation sites is 1. The van der Waals surface area contributed by atoms with Crippen LogP contribution in [-0.4, -0.2) is 59.2 Å². The van der Waals surface area contributed by atoms with Crippen LogP contribution in [0.2, 0.25) is 5.02 Å². The third-order valence-electron chi connectivity index (χ3n) is 5.20. The number of urea groups is 1. The van der Waals surface area contributed by atoms with E-state index in [0.29, 0.717) is 23.6 Å². The normalized spacial score (nSPS) is 18.1. The molecule has 3 rings (SSSR count). The number of anilines is 1. The first-order chi connectivity index (χ1) is 13.3. The monoisotopic (exact) mass is 406 g/mol. The first kappa shape index (κ1) is 20.1. The summed E-state index contributed by atoms with van der Waals surface area (Å²) in [5.41, 5.74) is -0.418. The van der Waals surface area contributed by atoms with Crippen molar-refractivity contribution < 1.29 is 19.2 Å². The molecular weight excluding hydrogens is 384 g/mol. The van der Waals surface area contributed by atoms with E-state index in [1.165, 1.54) is 11.9 Å². The van der Waals surface area contributed by atoms with Gasteiger partial charge in [0.25, 0.3) is 5.91 Å². The number of nitrogens with zero attached hydrogens (tertiary/aromatic N) is 2. The van der Waals surface area contributed by atoms with Gasteiger partial charge in [0.05, 0.1) is 17.3 Å². The number of rotatable bonds is 5. The fourth-order valence-electron chi connectivity index (χ4n) is 3.63. The van der Waals surface area contributed by atoms with Crippen molar-refractivity contribution in [1.29, 1.82) is 0 Å². The topological polar surface area (TPSA) is 98.8 Å². The molecule has 1 aromatic carbocycles. The number of hydrogen-bond acceptors (Lipinski definition) is 4. The van der Waals surface area contributed by atoms with Crippen LogP contribution < -0.4 is 10.6 Å². The predicted octanol–water partition coefficient (Wildman–Crippen LogP) is 1.99. The summed E-state index contributed by atoms with van der Waals surface area (Å²) in [6.45, 7) is -0.610. The maximum Gasteiger partial charge on any atom is 0.325 e. The summed E-state index contributed by atoms with van der Waals surface area (Å²) in [7, 11) is 1.45. The minimum atomic E-state index is -0.865. The molecule has 1 aliphatic carbocycles. The molecule has 0 unspecified atom stereocenters. The van der Waals surface area contributed by atoms with E-state index in [9.17, 15) is 19.2 Å². The minimum Gasteiger partial charge on any atom is -0.335 e. The van der Waals surface area contributed by atoms with Crippen LogP contribution in [-0.2, 0) is 14.4 Å². The van der Waals surface area contributed by atoms with E-state index in [0.717, 1.165) is 24.2 Å². The summed E-state index contributed by atoms with van der Waals surface area (Å²) in [5.74, 6) is -1.27. The largest absolute Gasteiger partial charge is 0.335 e. The smallest absolute Gasteiger partial charge is 0.325 e. The highest BCUT2D eigenvalue weighted by molar-refractivity contribution is 6.33. The Balaban J connectivity index is 1.56. The number of likely N-dealkylation sites (N-methyl/N-ethyl adjacent to an activating group) is 1. The number of benzene rings is 1. The molecule has 0 aromatic heterocycles. The molecule has 1 spiro atoms. The van der Waals surface area contributed by atoms with E-state index in [2.05, 4.69) is 10.6 Å². The Morgan fingerprint density at radius 3 is 2.57 bits per heavy atom. The molecule has 0 bridgehead atoms. The number of carbonyl (C=O) groups excluding carboxylic acids is 4. The van der Waals surface area contributed by atoms with Gasteiger partial charge in [-0.1, -0.05) is 43.0 Å². The fraction of sp³-hybridized carbons (Fsp3) is 0.474. The molecule has 0 atom stereocenters. The molecule has 1 saturated carbocycles. The highest BCUT2D eigenvalue weighted by atomic mass is 35.5. The van der Waals surface area contributed by atoms with E-state index in [1.54, 1.807) is 24.3 Å².